The second kappa shape index (κ2) is 5.39. The van der Waals surface area contributed by atoms with Gasteiger partial charge in [-0.15, -0.1) is 0 Å². The summed E-state index contributed by atoms with van der Waals surface area (Å²) < 4.78 is 44.9. The van der Waals surface area contributed by atoms with E-state index in [2.05, 4.69) is 10.4 Å². The van der Waals surface area contributed by atoms with E-state index in [1.165, 1.54) is 25.0 Å². The summed E-state index contributed by atoms with van der Waals surface area (Å²) in [6.07, 6.45) is -2.48. The largest absolute Gasteiger partial charge is 0.493 e. The molecule has 1 rings (SSSR count). The second-order valence-electron chi connectivity index (χ2n) is 3.65. The van der Waals surface area contributed by atoms with Gasteiger partial charge in [-0.1, -0.05) is 6.92 Å². The van der Waals surface area contributed by atoms with E-state index < -0.39 is 12.2 Å². The third-order valence-corrected chi connectivity index (χ3v) is 2.37. The lowest BCUT2D eigenvalue weighted by Crippen LogP contribution is -2.36. The van der Waals surface area contributed by atoms with Crippen molar-refractivity contribution < 1.29 is 17.9 Å². The van der Waals surface area contributed by atoms with Crippen molar-refractivity contribution in [3.63, 3.8) is 0 Å². The molecule has 98 valence electrons. The molecule has 1 aromatic rings. The quantitative estimate of drug-likeness (QED) is 0.870. The van der Waals surface area contributed by atoms with E-state index in [4.69, 9.17) is 4.74 Å². The van der Waals surface area contributed by atoms with Crippen molar-refractivity contribution in [3.8, 4) is 5.75 Å². The Morgan fingerprint density at radius 1 is 1.53 bits per heavy atom. The summed E-state index contributed by atoms with van der Waals surface area (Å²) in [4.78, 5) is 0. The van der Waals surface area contributed by atoms with E-state index in [9.17, 15) is 13.2 Å². The van der Waals surface area contributed by atoms with E-state index in [-0.39, 0.29) is 18.0 Å². The number of nitrogens with zero attached hydrogens (tertiary/aromatic N) is 2. The van der Waals surface area contributed by atoms with Gasteiger partial charge in [0.05, 0.1) is 13.3 Å². The standard InChI is InChI=1S/C10H16F3N3O/c1-4-5-14-9(10(11,12)13)8-7(17-3)6-15-16(8)2/h6,9,14H,4-5H2,1-3H3. The lowest BCUT2D eigenvalue weighted by molar-refractivity contribution is -0.159. The summed E-state index contributed by atoms with van der Waals surface area (Å²) >= 11 is 0. The number of halogens is 3. The van der Waals surface area contributed by atoms with Gasteiger partial charge in [0.25, 0.3) is 0 Å². The molecule has 0 saturated carbocycles. The zero-order chi connectivity index (χ0) is 13.1. The molecule has 0 radical (unpaired) electrons. The van der Waals surface area contributed by atoms with Gasteiger partial charge in [0.2, 0.25) is 0 Å². The van der Waals surface area contributed by atoms with Crippen molar-refractivity contribution in [2.45, 2.75) is 25.6 Å². The van der Waals surface area contributed by atoms with Crippen molar-refractivity contribution in [3.05, 3.63) is 11.9 Å². The van der Waals surface area contributed by atoms with E-state index in [0.717, 1.165) is 0 Å². The first-order valence-electron chi connectivity index (χ1n) is 5.27. The normalized spacial score (nSPS) is 13.8. The number of aromatic nitrogens is 2. The molecule has 0 spiro atoms. The van der Waals surface area contributed by atoms with Gasteiger partial charge in [-0.3, -0.25) is 4.68 Å². The molecule has 0 bridgehead atoms. The summed E-state index contributed by atoms with van der Waals surface area (Å²) in [5.41, 5.74) is -0.00606. The summed E-state index contributed by atoms with van der Waals surface area (Å²) in [6, 6.07) is -1.76. The fourth-order valence-corrected chi connectivity index (χ4v) is 1.57. The maximum absolute atomic E-state index is 12.9. The monoisotopic (exact) mass is 251 g/mol. The zero-order valence-electron chi connectivity index (χ0n) is 10.0. The number of alkyl halides is 3. The summed E-state index contributed by atoms with van der Waals surface area (Å²) in [7, 11) is 2.79. The van der Waals surface area contributed by atoms with Gasteiger partial charge in [0, 0.05) is 7.05 Å². The highest BCUT2D eigenvalue weighted by Crippen LogP contribution is 2.36. The van der Waals surface area contributed by atoms with Crippen LogP contribution >= 0.6 is 0 Å². The molecule has 0 amide bonds. The van der Waals surface area contributed by atoms with Crippen LogP contribution in [0.5, 0.6) is 5.75 Å². The Kier molecular flexibility index (Phi) is 4.39. The number of methoxy groups -OCH3 is 1. The number of hydrogen-bond donors (Lipinski definition) is 1. The van der Waals surface area contributed by atoms with Crippen LogP contribution in [0, 0.1) is 0 Å². The van der Waals surface area contributed by atoms with Crippen LogP contribution in [0.25, 0.3) is 0 Å². The summed E-state index contributed by atoms with van der Waals surface area (Å²) in [6.45, 7) is 2.08. The minimum Gasteiger partial charge on any atom is -0.493 e. The summed E-state index contributed by atoms with van der Waals surface area (Å²) in [5.74, 6) is 0.137. The summed E-state index contributed by atoms with van der Waals surface area (Å²) in [5, 5.41) is 6.24. The van der Waals surface area contributed by atoms with Crippen molar-refractivity contribution in [1.82, 2.24) is 15.1 Å². The van der Waals surface area contributed by atoms with Crippen LogP contribution in [0.3, 0.4) is 0 Å². The predicted molar refractivity (Wildman–Crippen MR) is 56.8 cm³/mol. The second-order valence-corrected chi connectivity index (χ2v) is 3.65. The Morgan fingerprint density at radius 3 is 2.65 bits per heavy atom. The van der Waals surface area contributed by atoms with Crippen LogP contribution in [0.2, 0.25) is 0 Å². The van der Waals surface area contributed by atoms with Gasteiger partial charge in [-0.2, -0.15) is 18.3 Å². The molecule has 1 atom stereocenters. The van der Waals surface area contributed by atoms with Crippen molar-refractivity contribution in [2.24, 2.45) is 7.05 Å². The zero-order valence-corrected chi connectivity index (χ0v) is 10.0. The van der Waals surface area contributed by atoms with E-state index >= 15 is 0 Å². The lowest BCUT2D eigenvalue weighted by Gasteiger charge is -2.22. The van der Waals surface area contributed by atoms with Gasteiger partial charge in [-0.05, 0) is 13.0 Å². The van der Waals surface area contributed by atoms with Crippen molar-refractivity contribution in [2.75, 3.05) is 13.7 Å². The molecular weight excluding hydrogens is 235 g/mol. The van der Waals surface area contributed by atoms with Crippen molar-refractivity contribution in [1.29, 1.82) is 0 Å². The van der Waals surface area contributed by atoms with Crippen LogP contribution < -0.4 is 10.1 Å². The average Bonchev–Trinajstić information content (AvgIpc) is 2.59. The molecule has 1 N–H and O–H groups in total. The minimum absolute atomic E-state index is 0.00606. The highest BCUT2D eigenvalue weighted by atomic mass is 19.4. The number of ether oxygens (including phenoxy) is 1. The van der Waals surface area contributed by atoms with Gasteiger partial charge < -0.3 is 10.1 Å². The molecule has 1 unspecified atom stereocenters. The van der Waals surface area contributed by atoms with Gasteiger partial charge in [0.15, 0.2) is 5.75 Å². The molecule has 0 aromatic carbocycles. The van der Waals surface area contributed by atoms with E-state index in [0.29, 0.717) is 6.42 Å². The Morgan fingerprint density at radius 2 is 2.18 bits per heavy atom. The SMILES string of the molecule is CCCNC(c1c(OC)cnn1C)C(F)(F)F. The van der Waals surface area contributed by atoms with Crippen LogP contribution in [0.4, 0.5) is 13.2 Å². The van der Waals surface area contributed by atoms with Crippen LogP contribution in [0.1, 0.15) is 25.1 Å². The number of nitrogens with one attached hydrogen (secondary N) is 1. The Balaban J connectivity index is 3.07. The highest BCUT2D eigenvalue weighted by molar-refractivity contribution is 5.29. The third kappa shape index (κ3) is 3.12. The molecule has 1 aromatic heterocycles. The molecule has 0 aliphatic heterocycles. The molecule has 0 fully saturated rings. The smallest absolute Gasteiger partial charge is 0.409 e. The maximum atomic E-state index is 12.9. The fraction of sp³-hybridized carbons (Fsp3) is 0.700. The van der Waals surface area contributed by atoms with E-state index in [1.807, 2.05) is 0 Å². The lowest BCUT2D eigenvalue weighted by atomic mass is 10.2. The Bertz CT molecular complexity index is 362. The maximum Gasteiger partial charge on any atom is 0.409 e. The number of rotatable bonds is 5. The third-order valence-electron chi connectivity index (χ3n) is 2.37. The topological polar surface area (TPSA) is 39.1 Å². The molecule has 4 nitrogen and oxygen atoms in total. The minimum atomic E-state index is -4.38. The molecule has 1 heterocycles. The first-order valence-corrected chi connectivity index (χ1v) is 5.27. The molecule has 0 aliphatic carbocycles. The molecular formula is C10H16F3N3O. The van der Waals surface area contributed by atoms with Crippen molar-refractivity contribution >= 4 is 0 Å². The van der Waals surface area contributed by atoms with Gasteiger partial charge >= 0.3 is 6.18 Å². The highest BCUT2D eigenvalue weighted by Gasteiger charge is 2.43. The average molecular weight is 251 g/mol. The van der Waals surface area contributed by atoms with Crippen LogP contribution in [-0.2, 0) is 7.05 Å². The Hall–Kier alpha value is -1.24. The first-order chi connectivity index (χ1) is 7.91. The molecule has 7 heteroatoms. The predicted octanol–water partition coefficient (Wildman–Crippen LogP) is 2.03. The molecule has 0 aliphatic rings. The molecule has 0 saturated heterocycles. The number of hydrogen-bond acceptors (Lipinski definition) is 3. The van der Waals surface area contributed by atoms with Gasteiger partial charge in [0.1, 0.15) is 11.7 Å². The van der Waals surface area contributed by atoms with Gasteiger partial charge in [-0.25, -0.2) is 0 Å². The van der Waals surface area contributed by atoms with Crippen LogP contribution in [-0.4, -0.2) is 29.6 Å². The molecule has 17 heavy (non-hydrogen) atoms. The first kappa shape index (κ1) is 13.8. The fourth-order valence-electron chi connectivity index (χ4n) is 1.57. The van der Waals surface area contributed by atoms with Crippen LogP contribution in [0.15, 0.2) is 6.20 Å². The number of aryl methyl sites for hydroxylation is 1. The Labute approximate surface area is 97.8 Å². The van der Waals surface area contributed by atoms with E-state index in [1.54, 1.807) is 6.92 Å².